The van der Waals surface area contributed by atoms with Crippen molar-refractivity contribution >= 4 is 19.4 Å². The van der Waals surface area contributed by atoms with Crippen LogP contribution >= 0.6 is 19.4 Å². The molecule has 0 amide bonds. The van der Waals surface area contributed by atoms with Gasteiger partial charge in [0, 0.05) is 25.4 Å². The van der Waals surface area contributed by atoms with E-state index in [0.717, 1.165) is 18.6 Å². The summed E-state index contributed by atoms with van der Waals surface area (Å²) in [6, 6.07) is 0. The Bertz CT molecular complexity index is 361. The lowest BCUT2D eigenvalue weighted by molar-refractivity contribution is 0.186. The van der Waals surface area contributed by atoms with Gasteiger partial charge in [0.2, 0.25) is 0 Å². The standard InChI is InChI=1S/C13H26NO3PS/c1-12(2)10-19-13(8-6-5-7-9-13)14-11(12)18(15,16-3)17-4/h11,14H,5-10H2,1-4H3/t11-/m0/s1. The van der Waals surface area contributed by atoms with Gasteiger partial charge in [-0.15, -0.1) is 11.8 Å². The Labute approximate surface area is 120 Å². The van der Waals surface area contributed by atoms with Crippen LogP contribution in [0.1, 0.15) is 46.0 Å². The number of nitrogens with one attached hydrogen (secondary N) is 1. The fraction of sp³-hybridized carbons (Fsp3) is 1.00. The molecule has 4 nitrogen and oxygen atoms in total. The molecule has 1 saturated carbocycles. The number of thioether (sulfide) groups is 1. The summed E-state index contributed by atoms with van der Waals surface area (Å²) in [4.78, 5) is 0.0746. The molecule has 1 aliphatic heterocycles. The predicted molar refractivity (Wildman–Crippen MR) is 80.6 cm³/mol. The fourth-order valence-corrected chi connectivity index (χ4v) is 6.82. The van der Waals surface area contributed by atoms with Gasteiger partial charge in [0.15, 0.2) is 0 Å². The van der Waals surface area contributed by atoms with Crippen LogP contribution < -0.4 is 5.32 Å². The van der Waals surface area contributed by atoms with Gasteiger partial charge in [0.05, 0.1) is 4.87 Å². The molecule has 1 atom stereocenters. The summed E-state index contributed by atoms with van der Waals surface area (Å²) in [6.07, 6.45) is 6.11. The van der Waals surface area contributed by atoms with Crippen molar-refractivity contribution < 1.29 is 13.6 Å². The van der Waals surface area contributed by atoms with E-state index in [1.54, 1.807) is 0 Å². The first-order chi connectivity index (χ1) is 8.87. The van der Waals surface area contributed by atoms with E-state index in [2.05, 4.69) is 19.2 Å². The topological polar surface area (TPSA) is 47.6 Å². The Kier molecular flexibility index (Phi) is 4.74. The maximum Gasteiger partial charge on any atom is 0.347 e. The molecular formula is C13H26NO3PS. The van der Waals surface area contributed by atoms with Crippen molar-refractivity contribution in [2.24, 2.45) is 5.41 Å². The Hall–Kier alpha value is 0.460. The molecule has 2 aliphatic rings. The summed E-state index contributed by atoms with van der Waals surface area (Å²) in [5, 5.41) is 3.65. The second-order valence-electron chi connectivity index (χ2n) is 6.28. The smallest absolute Gasteiger partial charge is 0.311 e. The van der Waals surface area contributed by atoms with Crippen LogP contribution in [0, 0.1) is 5.41 Å². The molecule has 0 unspecified atom stereocenters. The second kappa shape index (κ2) is 5.69. The minimum atomic E-state index is -3.10. The van der Waals surface area contributed by atoms with Crippen LogP contribution in [0.25, 0.3) is 0 Å². The van der Waals surface area contributed by atoms with Crippen molar-refractivity contribution in [3.05, 3.63) is 0 Å². The van der Waals surface area contributed by atoms with Crippen molar-refractivity contribution in [2.75, 3.05) is 20.0 Å². The SMILES string of the molecule is COP(=O)(OC)[C@@H]1NC2(CCCCC2)SCC1(C)C. The van der Waals surface area contributed by atoms with E-state index in [-0.39, 0.29) is 16.1 Å². The van der Waals surface area contributed by atoms with Gasteiger partial charge in [-0.3, -0.25) is 9.88 Å². The minimum Gasteiger partial charge on any atom is -0.311 e. The van der Waals surface area contributed by atoms with Crippen molar-refractivity contribution in [3.63, 3.8) is 0 Å². The summed E-state index contributed by atoms with van der Waals surface area (Å²) < 4.78 is 23.3. The van der Waals surface area contributed by atoms with Gasteiger partial charge in [0.1, 0.15) is 5.78 Å². The van der Waals surface area contributed by atoms with Crippen LogP contribution in [0.3, 0.4) is 0 Å². The number of hydrogen-bond donors (Lipinski definition) is 1. The molecule has 112 valence electrons. The van der Waals surface area contributed by atoms with Crippen molar-refractivity contribution in [1.29, 1.82) is 0 Å². The van der Waals surface area contributed by atoms with E-state index < -0.39 is 7.60 Å². The zero-order chi connectivity index (χ0) is 14.1. The summed E-state index contributed by atoms with van der Waals surface area (Å²) >= 11 is 1.99. The summed E-state index contributed by atoms with van der Waals surface area (Å²) in [5.41, 5.74) is -0.102. The van der Waals surface area contributed by atoms with Crippen LogP contribution in [0.5, 0.6) is 0 Å². The first-order valence-electron chi connectivity index (χ1n) is 7.00. The highest BCUT2D eigenvalue weighted by atomic mass is 32.2. The van der Waals surface area contributed by atoms with Crippen LogP contribution in [0.2, 0.25) is 0 Å². The average Bonchev–Trinajstić information content (AvgIpc) is 2.42. The monoisotopic (exact) mass is 307 g/mol. The van der Waals surface area contributed by atoms with E-state index in [1.165, 1.54) is 33.5 Å². The molecule has 2 fully saturated rings. The zero-order valence-electron chi connectivity index (χ0n) is 12.4. The summed E-state index contributed by atoms with van der Waals surface area (Å²) in [5.74, 6) is 0.760. The molecule has 6 heteroatoms. The van der Waals surface area contributed by atoms with Gasteiger partial charge in [0.25, 0.3) is 0 Å². The lowest BCUT2D eigenvalue weighted by Gasteiger charge is -2.51. The van der Waals surface area contributed by atoms with Crippen molar-refractivity contribution in [3.8, 4) is 0 Å². The van der Waals surface area contributed by atoms with Crippen molar-refractivity contribution in [2.45, 2.75) is 56.6 Å². The Morgan fingerprint density at radius 3 is 2.26 bits per heavy atom. The lowest BCUT2D eigenvalue weighted by atomic mass is 9.90. The third-order valence-electron chi connectivity index (χ3n) is 4.35. The molecule has 0 radical (unpaired) electrons. The molecule has 1 N–H and O–H groups in total. The maximum atomic E-state index is 12.8. The van der Waals surface area contributed by atoms with E-state index >= 15 is 0 Å². The predicted octanol–water partition coefficient (Wildman–Crippen LogP) is 3.82. The number of rotatable bonds is 3. The quantitative estimate of drug-likeness (QED) is 0.803. The Balaban J connectivity index is 2.25. The molecule has 0 bridgehead atoms. The molecule has 1 spiro atoms. The molecule has 0 aromatic rings. The van der Waals surface area contributed by atoms with E-state index in [0.29, 0.717) is 0 Å². The molecule has 1 heterocycles. The highest BCUT2D eigenvalue weighted by molar-refractivity contribution is 8.00. The van der Waals surface area contributed by atoms with E-state index in [9.17, 15) is 4.57 Å². The molecule has 1 aliphatic carbocycles. The molecular weight excluding hydrogens is 281 g/mol. The van der Waals surface area contributed by atoms with Crippen LogP contribution in [0.15, 0.2) is 0 Å². The lowest BCUT2D eigenvalue weighted by Crippen LogP contribution is -2.59. The fourth-order valence-electron chi connectivity index (χ4n) is 3.09. The van der Waals surface area contributed by atoms with Crippen LogP contribution in [-0.2, 0) is 13.6 Å². The van der Waals surface area contributed by atoms with Gasteiger partial charge in [-0.2, -0.15) is 0 Å². The largest absolute Gasteiger partial charge is 0.347 e. The van der Waals surface area contributed by atoms with Gasteiger partial charge >= 0.3 is 7.60 Å². The highest BCUT2D eigenvalue weighted by Gasteiger charge is 2.53. The Morgan fingerprint density at radius 1 is 1.16 bits per heavy atom. The molecule has 2 rings (SSSR count). The summed E-state index contributed by atoms with van der Waals surface area (Å²) in [7, 11) is -0.128. The van der Waals surface area contributed by atoms with Gasteiger partial charge in [-0.25, -0.2) is 0 Å². The normalized spacial score (nSPS) is 30.4. The zero-order valence-corrected chi connectivity index (χ0v) is 14.1. The molecule has 1 saturated heterocycles. The maximum absolute atomic E-state index is 12.8. The number of hydrogen-bond acceptors (Lipinski definition) is 5. The minimum absolute atomic E-state index is 0.0746. The highest BCUT2D eigenvalue weighted by Crippen LogP contribution is 2.61. The van der Waals surface area contributed by atoms with Gasteiger partial charge < -0.3 is 9.05 Å². The van der Waals surface area contributed by atoms with Gasteiger partial charge in [-0.05, 0) is 12.8 Å². The average molecular weight is 307 g/mol. The molecule has 0 aromatic heterocycles. The van der Waals surface area contributed by atoms with Gasteiger partial charge in [-0.1, -0.05) is 33.1 Å². The van der Waals surface area contributed by atoms with Crippen molar-refractivity contribution in [1.82, 2.24) is 5.32 Å². The third-order valence-corrected chi connectivity index (χ3v) is 8.79. The van der Waals surface area contributed by atoms with Crippen LogP contribution in [-0.4, -0.2) is 30.6 Å². The van der Waals surface area contributed by atoms with E-state index in [4.69, 9.17) is 9.05 Å². The molecule has 19 heavy (non-hydrogen) atoms. The van der Waals surface area contributed by atoms with Crippen LogP contribution in [0.4, 0.5) is 0 Å². The Morgan fingerprint density at radius 2 is 1.74 bits per heavy atom. The molecule has 0 aromatic carbocycles. The first-order valence-corrected chi connectivity index (χ1v) is 9.60. The van der Waals surface area contributed by atoms with E-state index in [1.807, 2.05) is 11.8 Å². The second-order valence-corrected chi connectivity index (χ2v) is 9.97. The summed E-state index contributed by atoms with van der Waals surface area (Å²) in [6.45, 7) is 4.27. The first kappa shape index (κ1) is 15.8. The third kappa shape index (κ3) is 3.06.